The fraction of sp³-hybridized carbons (Fsp3) is 0.429. The highest BCUT2D eigenvalue weighted by Gasteiger charge is 2.24. The van der Waals surface area contributed by atoms with Crippen molar-refractivity contribution in [2.45, 2.75) is 19.9 Å². The van der Waals surface area contributed by atoms with Crippen LogP contribution in [0.3, 0.4) is 0 Å². The molecule has 1 saturated heterocycles. The number of hydrogen-bond acceptors (Lipinski definition) is 3. The van der Waals surface area contributed by atoms with Crippen LogP contribution in [-0.2, 0) is 4.79 Å². The van der Waals surface area contributed by atoms with E-state index in [4.69, 9.17) is 0 Å². The van der Waals surface area contributed by atoms with Crippen LogP contribution in [0.25, 0.3) is 0 Å². The van der Waals surface area contributed by atoms with Crippen LogP contribution < -0.4 is 10.6 Å². The van der Waals surface area contributed by atoms with E-state index in [0.29, 0.717) is 12.1 Å². The average Bonchev–Trinajstić information content (AvgIpc) is 2.40. The third-order valence-electron chi connectivity index (χ3n) is 3.29. The van der Waals surface area contributed by atoms with Gasteiger partial charge in [-0.05, 0) is 25.1 Å². The highest BCUT2D eigenvalue weighted by molar-refractivity contribution is 5.97. The predicted octanol–water partition coefficient (Wildman–Crippen LogP) is 1.64. The maximum Gasteiger partial charge on any atom is 0.254 e. The van der Waals surface area contributed by atoms with Gasteiger partial charge >= 0.3 is 0 Å². The lowest BCUT2D eigenvalue weighted by molar-refractivity contribution is -0.114. The second kappa shape index (κ2) is 7.38. The Kier molecular flexibility index (Phi) is 6.11. The molecular formula is C14H19ClFN3O2. The van der Waals surface area contributed by atoms with Crippen LogP contribution >= 0.6 is 12.4 Å². The van der Waals surface area contributed by atoms with Crippen molar-refractivity contribution in [3.63, 3.8) is 0 Å². The zero-order valence-corrected chi connectivity index (χ0v) is 12.8. The van der Waals surface area contributed by atoms with E-state index in [-0.39, 0.29) is 36.0 Å². The van der Waals surface area contributed by atoms with Crippen LogP contribution in [-0.4, -0.2) is 42.4 Å². The molecule has 1 aliphatic rings. The standard InChI is InChI=1S/C14H18FN3O2.ClH/c1-9-8-16-5-6-18(9)14(20)11-3-4-12(15)13(7-11)17-10(2)19;/h3-4,7,9,16H,5-6,8H2,1-2H3,(H,17,19);1H/t9-;/m0./s1. The van der Waals surface area contributed by atoms with E-state index in [9.17, 15) is 14.0 Å². The minimum atomic E-state index is -0.551. The van der Waals surface area contributed by atoms with Crippen LogP contribution in [0.15, 0.2) is 18.2 Å². The van der Waals surface area contributed by atoms with Crippen LogP contribution in [0, 0.1) is 5.82 Å². The van der Waals surface area contributed by atoms with Gasteiger partial charge in [-0.2, -0.15) is 0 Å². The van der Waals surface area contributed by atoms with Crippen molar-refractivity contribution in [3.05, 3.63) is 29.6 Å². The van der Waals surface area contributed by atoms with E-state index >= 15 is 0 Å². The lowest BCUT2D eigenvalue weighted by Gasteiger charge is -2.34. The number of carbonyl (C=O) groups is 2. The number of nitrogens with zero attached hydrogens (tertiary/aromatic N) is 1. The summed E-state index contributed by atoms with van der Waals surface area (Å²) < 4.78 is 13.6. The van der Waals surface area contributed by atoms with Gasteiger partial charge in [0.1, 0.15) is 5.82 Å². The first kappa shape index (κ1) is 17.4. The van der Waals surface area contributed by atoms with E-state index < -0.39 is 5.82 Å². The van der Waals surface area contributed by atoms with Crippen molar-refractivity contribution in [1.29, 1.82) is 0 Å². The molecule has 0 spiro atoms. The molecule has 2 amide bonds. The largest absolute Gasteiger partial charge is 0.333 e. The first-order valence-electron chi connectivity index (χ1n) is 6.58. The number of amides is 2. The maximum absolute atomic E-state index is 13.6. The Morgan fingerprint density at radius 2 is 2.14 bits per heavy atom. The topological polar surface area (TPSA) is 61.4 Å². The molecule has 0 unspecified atom stereocenters. The molecule has 1 heterocycles. The van der Waals surface area contributed by atoms with Gasteiger partial charge in [-0.1, -0.05) is 0 Å². The molecule has 116 valence electrons. The van der Waals surface area contributed by atoms with Gasteiger partial charge in [0.15, 0.2) is 0 Å². The second-order valence-electron chi connectivity index (χ2n) is 4.93. The fourth-order valence-corrected chi connectivity index (χ4v) is 2.25. The SMILES string of the molecule is CC(=O)Nc1cc(C(=O)N2CCNC[C@@H]2C)ccc1F.Cl. The predicted molar refractivity (Wildman–Crippen MR) is 81.3 cm³/mol. The lowest BCUT2D eigenvalue weighted by Crippen LogP contribution is -2.52. The number of halogens is 2. The molecule has 1 aliphatic heterocycles. The molecule has 0 bridgehead atoms. The van der Waals surface area contributed by atoms with Gasteiger partial charge in [0, 0.05) is 38.2 Å². The number of hydrogen-bond donors (Lipinski definition) is 2. The molecule has 1 aromatic carbocycles. The van der Waals surface area contributed by atoms with Gasteiger partial charge in [0.05, 0.1) is 5.69 Å². The van der Waals surface area contributed by atoms with Crippen molar-refractivity contribution < 1.29 is 14.0 Å². The number of rotatable bonds is 2. The van der Waals surface area contributed by atoms with Crippen LogP contribution in [0.5, 0.6) is 0 Å². The molecule has 0 aromatic heterocycles. The van der Waals surface area contributed by atoms with Crippen LogP contribution in [0.2, 0.25) is 0 Å². The van der Waals surface area contributed by atoms with Crippen molar-refractivity contribution in [2.24, 2.45) is 0 Å². The quantitative estimate of drug-likeness (QED) is 0.872. The molecule has 1 aromatic rings. The minimum Gasteiger partial charge on any atom is -0.333 e. The summed E-state index contributed by atoms with van der Waals surface area (Å²) in [5.74, 6) is -1.07. The second-order valence-corrected chi connectivity index (χ2v) is 4.93. The summed E-state index contributed by atoms with van der Waals surface area (Å²) in [5.41, 5.74) is 0.412. The van der Waals surface area contributed by atoms with E-state index in [2.05, 4.69) is 10.6 Å². The lowest BCUT2D eigenvalue weighted by atomic mass is 10.1. The van der Waals surface area contributed by atoms with Crippen molar-refractivity contribution in [1.82, 2.24) is 10.2 Å². The summed E-state index contributed by atoms with van der Waals surface area (Å²) in [6, 6.07) is 4.11. The molecule has 2 rings (SSSR count). The third-order valence-corrected chi connectivity index (χ3v) is 3.29. The molecule has 2 N–H and O–H groups in total. The van der Waals surface area contributed by atoms with Crippen molar-refractivity contribution in [3.8, 4) is 0 Å². The summed E-state index contributed by atoms with van der Waals surface area (Å²) in [4.78, 5) is 25.2. The van der Waals surface area contributed by atoms with Gasteiger partial charge in [-0.15, -0.1) is 12.4 Å². The third kappa shape index (κ3) is 4.15. The number of carbonyl (C=O) groups excluding carboxylic acids is 2. The summed E-state index contributed by atoms with van der Waals surface area (Å²) in [6.07, 6.45) is 0. The molecular weight excluding hydrogens is 297 g/mol. The van der Waals surface area contributed by atoms with Crippen LogP contribution in [0.1, 0.15) is 24.2 Å². The molecule has 1 atom stereocenters. The normalized spacial score (nSPS) is 17.9. The average molecular weight is 316 g/mol. The monoisotopic (exact) mass is 315 g/mol. The molecule has 0 saturated carbocycles. The highest BCUT2D eigenvalue weighted by atomic mass is 35.5. The first-order chi connectivity index (χ1) is 9.49. The molecule has 0 aliphatic carbocycles. The Hall–Kier alpha value is -1.66. The van der Waals surface area contributed by atoms with E-state index in [1.165, 1.54) is 25.1 Å². The number of benzene rings is 1. The van der Waals surface area contributed by atoms with Crippen molar-refractivity contribution >= 4 is 29.9 Å². The van der Waals surface area contributed by atoms with E-state index in [1.54, 1.807) is 4.90 Å². The van der Waals surface area contributed by atoms with Gasteiger partial charge < -0.3 is 15.5 Å². The molecule has 5 nitrogen and oxygen atoms in total. The molecule has 0 radical (unpaired) electrons. The van der Waals surface area contributed by atoms with E-state index in [1.807, 2.05) is 6.92 Å². The van der Waals surface area contributed by atoms with Crippen LogP contribution in [0.4, 0.5) is 10.1 Å². The fourth-order valence-electron chi connectivity index (χ4n) is 2.25. The van der Waals surface area contributed by atoms with Gasteiger partial charge in [0.25, 0.3) is 5.91 Å². The zero-order chi connectivity index (χ0) is 14.7. The summed E-state index contributed by atoms with van der Waals surface area (Å²) in [5, 5.41) is 5.59. The number of piperazine rings is 1. The molecule has 21 heavy (non-hydrogen) atoms. The number of nitrogens with one attached hydrogen (secondary N) is 2. The summed E-state index contributed by atoms with van der Waals surface area (Å²) >= 11 is 0. The smallest absolute Gasteiger partial charge is 0.254 e. The highest BCUT2D eigenvalue weighted by Crippen LogP contribution is 2.18. The maximum atomic E-state index is 13.6. The first-order valence-corrected chi connectivity index (χ1v) is 6.58. The van der Waals surface area contributed by atoms with Gasteiger partial charge in [-0.3, -0.25) is 9.59 Å². The minimum absolute atomic E-state index is 0. The Balaban J connectivity index is 0.00000220. The number of anilines is 1. The van der Waals surface area contributed by atoms with Gasteiger partial charge in [-0.25, -0.2) is 4.39 Å². The molecule has 1 fully saturated rings. The molecule has 7 heteroatoms. The van der Waals surface area contributed by atoms with Crippen molar-refractivity contribution in [2.75, 3.05) is 25.0 Å². The Morgan fingerprint density at radius 3 is 2.76 bits per heavy atom. The zero-order valence-electron chi connectivity index (χ0n) is 12.0. The summed E-state index contributed by atoms with van der Waals surface area (Å²) in [7, 11) is 0. The Morgan fingerprint density at radius 1 is 1.43 bits per heavy atom. The summed E-state index contributed by atoms with van der Waals surface area (Å²) in [6.45, 7) is 5.36. The van der Waals surface area contributed by atoms with Gasteiger partial charge in [0.2, 0.25) is 5.91 Å². The Bertz CT molecular complexity index is 539. The van der Waals surface area contributed by atoms with E-state index in [0.717, 1.165) is 13.1 Å². The Labute approximate surface area is 129 Å².